The molecule has 1 unspecified atom stereocenters. The zero-order valence-corrected chi connectivity index (χ0v) is 13.5. The number of piperidine rings is 1. The molecule has 1 aliphatic rings. The Morgan fingerprint density at radius 1 is 1.18 bits per heavy atom. The molecule has 1 N–H and O–H groups in total. The zero-order chi connectivity index (χ0) is 15.2. The van der Waals surface area contributed by atoms with Crippen LogP contribution in [0.3, 0.4) is 0 Å². The van der Waals surface area contributed by atoms with Crippen LogP contribution in [-0.4, -0.2) is 23.4 Å². The second kappa shape index (κ2) is 7.56. The first kappa shape index (κ1) is 15.3. The molecule has 1 fully saturated rings. The van der Waals surface area contributed by atoms with E-state index in [2.05, 4.69) is 40.5 Å². The molecule has 1 aromatic heterocycles. The van der Waals surface area contributed by atoms with Gasteiger partial charge in [0, 0.05) is 11.4 Å². The second-order valence-electron chi connectivity index (χ2n) is 5.76. The van der Waals surface area contributed by atoms with Crippen LogP contribution in [0.2, 0.25) is 0 Å². The molecule has 0 bridgehead atoms. The molecule has 0 aliphatic carbocycles. The van der Waals surface area contributed by atoms with Crippen LogP contribution in [-0.2, 0) is 17.9 Å². The van der Waals surface area contributed by atoms with Gasteiger partial charge in [-0.2, -0.15) is 0 Å². The van der Waals surface area contributed by atoms with Gasteiger partial charge in [-0.3, -0.25) is 9.69 Å². The molecule has 1 aromatic carbocycles. The molecule has 1 aliphatic heterocycles. The third-order valence-corrected chi connectivity index (χ3v) is 5.04. The van der Waals surface area contributed by atoms with E-state index in [0.717, 1.165) is 25.9 Å². The summed E-state index contributed by atoms with van der Waals surface area (Å²) in [7, 11) is 0. The number of thiophene rings is 1. The van der Waals surface area contributed by atoms with E-state index in [1.807, 2.05) is 17.5 Å². The largest absolute Gasteiger partial charge is 0.350 e. The van der Waals surface area contributed by atoms with Crippen LogP contribution in [0.25, 0.3) is 0 Å². The zero-order valence-electron chi connectivity index (χ0n) is 12.7. The number of hydrogen-bond acceptors (Lipinski definition) is 3. The Hall–Kier alpha value is -1.65. The molecular formula is C18H22N2OS. The first-order valence-electron chi connectivity index (χ1n) is 7.91. The summed E-state index contributed by atoms with van der Waals surface area (Å²) in [5, 5.41) is 5.15. The molecule has 0 saturated carbocycles. The lowest BCUT2D eigenvalue weighted by Crippen LogP contribution is -2.48. The van der Waals surface area contributed by atoms with Gasteiger partial charge in [0.2, 0.25) is 5.91 Å². The normalized spacial score (nSPS) is 19.0. The Kier molecular flexibility index (Phi) is 5.24. The SMILES string of the molecule is O=C(NCc1cccs1)C1CCCCN1Cc1ccccc1. The number of likely N-dealkylation sites (tertiary alicyclic amines) is 1. The summed E-state index contributed by atoms with van der Waals surface area (Å²) in [4.78, 5) is 16.1. The summed E-state index contributed by atoms with van der Waals surface area (Å²) in [6, 6.07) is 14.5. The van der Waals surface area contributed by atoms with E-state index >= 15 is 0 Å². The van der Waals surface area contributed by atoms with Crippen molar-refractivity contribution in [1.82, 2.24) is 10.2 Å². The predicted molar refractivity (Wildman–Crippen MR) is 90.7 cm³/mol. The van der Waals surface area contributed by atoms with E-state index in [0.29, 0.717) is 6.54 Å². The monoisotopic (exact) mass is 314 g/mol. The van der Waals surface area contributed by atoms with Gasteiger partial charge >= 0.3 is 0 Å². The number of nitrogens with zero attached hydrogens (tertiary/aromatic N) is 1. The van der Waals surface area contributed by atoms with Crippen molar-refractivity contribution in [3.05, 3.63) is 58.3 Å². The number of hydrogen-bond donors (Lipinski definition) is 1. The van der Waals surface area contributed by atoms with Crippen LogP contribution in [0, 0.1) is 0 Å². The highest BCUT2D eigenvalue weighted by molar-refractivity contribution is 7.09. The third-order valence-electron chi connectivity index (χ3n) is 4.16. The summed E-state index contributed by atoms with van der Waals surface area (Å²) < 4.78 is 0. The van der Waals surface area contributed by atoms with Gasteiger partial charge in [0.05, 0.1) is 12.6 Å². The van der Waals surface area contributed by atoms with Crippen LogP contribution in [0.1, 0.15) is 29.7 Å². The van der Waals surface area contributed by atoms with Crippen molar-refractivity contribution in [3.63, 3.8) is 0 Å². The van der Waals surface area contributed by atoms with Gasteiger partial charge < -0.3 is 5.32 Å². The van der Waals surface area contributed by atoms with Crippen molar-refractivity contribution in [1.29, 1.82) is 0 Å². The minimum atomic E-state index is 0.00826. The van der Waals surface area contributed by atoms with E-state index in [1.165, 1.54) is 16.9 Å². The van der Waals surface area contributed by atoms with Gasteiger partial charge in [-0.1, -0.05) is 42.8 Å². The molecule has 2 aromatic rings. The Bertz CT molecular complexity index is 582. The highest BCUT2D eigenvalue weighted by atomic mass is 32.1. The number of benzene rings is 1. The Morgan fingerprint density at radius 2 is 2.05 bits per heavy atom. The molecule has 22 heavy (non-hydrogen) atoms. The van der Waals surface area contributed by atoms with Crippen LogP contribution in [0.15, 0.2) is 47.8 Å². The maximum Gasteiger partial charge on any atom is 0.237 e. The van der Waals surface area contributed by atoms with Crippen LogP contribution in [0.5, 0.6) is 0 Å². The van der Waals surface area contributed by atoms with Crippen molar-refractivity contribution in [3.8, 4) is 0 Å². The average molecular weight is 314 g/mol. The molecule has 0 spiro atoms. The summed E-state index contributed by atoms with van der Waals surface area (Å²) in [5.74, 6) is 0.170. The fraction of sp³-hybridized carbons (Fsp3) is 0.389. The highest BCUT2D eigenvalue weighted by Gasteiger charge is 2.28. The highest BCUT2D eigenvalue weighted by Crippen LogP contribution is 2.20. The lowest BCUT2D eigenvalue weighted by Gasteiger charge is -2.34. The lowest BCUT2D eigenvalue weighted by atomic mass is 10.0. The fourth-order valence-corrected chi connectivity index (χ4v) is 3.64. The summed E-state index contributed by atoms with van der Waals surface area (Å²) >= 11 is 1.69. The lowest BCUT2D eigenvalue weighted by molar-refractivity contribution is -0.128. The molecule has 3 rings (SSSR count). The van der Waals surface area contributed by atoms with E-state index in [-0.39, 0.29) is 11.9 Å². The molecule has 116 valence electrons. The van der Waals surface area contributed by atoms with Crippen molar-refractivity contribution < 1.29 is 4.79 Å². The van der Waals surface area contributed by atoms with Gasteiger partial charge in [0.15, 0.2) is 0 Å². The number of amides is 1. The molecule has 0 radical (unpaired) electrons. The second-order valence-corrected chi connectivity index (χ2v) is 6.80. The number of nitrogens with one attached hydrogen (secondary N) is 1. The smallest absolute Gasteiger partial charge is 0.237 e. The molecule has 2 heterocycles. The summed E-state index contributed by atoms with van der Waals surface area (Å²) in [5.41, 5.74) is 1.28. The van der Waals surface area contributed by atoms with E-state index < -0.39 is 0 Å². The molecule has 1 amide bonds. The topological polar surface area (TPSA) is 32.3 Å². The molecule has 4 heteroatoms. The number of carbonyl (C=O) groups is 1. The van der Waals surface area contributed by atoms with Crippen molar-refractivity contribution in [2.24, 2.45) is 0 Å². The van der Waals surface area contributed by atoms with Crippen LogP contribution < -0.4 is 5.32 Å². The minimum absolute atomic E-state index is 0.00826. The molecular weight excluding hydrogens is 292 g/mol. The van der Waals surface area contributed by atoms with E-state index in [9.17, 15) is 4.79 Å². The summed E-state index contributed by atoms with van der Waals surface area (Å²) in [6.45, 7) is 2.51. The first-order valence-corrected chi connectivity index (χ1v) is 8.79. The van der Waals surface area contributed by atoms with Crippen molar-refractivity contribution in [2.75, 3.05) is 6.54 Å². The molecule has 3 nitrogen and oxygen atoms in total. The first-order chi connectivity index (χ1) is 10.8. The minimum Gasteiger partial charge on any atom is -0.350 e. The van der Waals surface area contributed by atoms with Gasteiger partial charge in [-0.25, -0.2) is 0 Å². The standard InChI is InChI=1S/C18H22N2OS/c21-18(19-13-16-9-6-12-22-16)17-10-4-5-11-20(17)14-15-7-2-1-3-8-15/h1-3,6-9,12,17H,4-5,10-11,13-14H2,(H,19,21). The van der Waals surface area contributed by atoms with Gasteiger partial charge in [0.1, 0.15) is 0 Å². The number of carbonyl (C=O) groups excluding carboxylic acids is 1. The average Bonchev–Trinajstić information content (AvgIpc) is 3.08. The predicted octanol–water partition coefficient (Wildman–Crippen LogP) is 3.42. The van der Waals surface area contributed by atoms with Gasteiger partial charge in [0.25, 0.3) is 0 Å². The van der Waals surface area contributed by atoms with Gasteiger partial charge in [-0.05, 0) is 36.4 Å². The molecule has 1 saturated heterocycles. The Balaban J connectivity index is 1.60. The Labute approximate surface area is 136 Å². The fourth-order valence-electron chi connectivity index (χ4n) is 3.00. The van der Waals surface area contributed by atoms with E-state index in [4.69, 9.17) is 0 Å². The van der Waals surface area contributed by atoms with E-state index in [1.54, 1.807) is 11.3 Å². The summed E-state index contributed by atoms with van der Waals surface area (Å²) in [6.07, 6.45) is 3.28. The van der Waals surface area contributed by atoms with Crippen molar-refractivity contribution >= 4 is 17.2 Å². The molecule has 1 atom stereocenters. The maximum atomic E-state index is 12.5. The van der Waals surface area contributed by atoms with Gasteiger partial charge in [-0.15, -0.1) is 11.3 Å². The third kappa shape index (κ3) is 3.96. The maximum absolute atomic E-state index is 12.5. The van der Waals surface area contributed by atoms with Crippen molar-refractivity contribution in [2.45, 2.75) is 38.4 Å². The van der Waals surface area contributed by atoms with Crippen LogP contribution >= 0.6 is 11.3 Å². The number of rotatable bonds is 5. The quantitative estimate of drug-likeness (QED) is 0.917. The Morgan fingerprint density at radius 3 is 2.82 bits per heavy atom. The van der Waals surface area contributed by atoms with Crippen LogP contribution in [0.4, 0.5) is 0 Å².